The van der Waals surface area contributed by atoms with Gasteiger partial charge in [0.1, 0.15) is 0 Å². The summed E-state index contributed by atoms with van der Waals surface area (Å²) in [6.45, 7) is 10.0. The summed E-state index contributed by atoms with van der Waals surface area (Å²) < 4.78 is 0. The molecular weight excluding hydrogens is 100 g/mol. The van der Waals surface area contributed by atoms with Gasteiger partial charge in [0, 0.05) is 5.54 Å². The number of hydrogen-bond acceptors (Lipinski definition) is 2. The molecule has 0 radical (unpaired) electrons. The predicted molar refractivity (Wildman–Crippen MR) is 38.4 cm³/mol. The van der Waals surface area contributed by atoms with Crippen LogP contribution in [0.4, 0.5) is 0 Å². The van der Waals surface area contributed by atoms with Crippen molar-refractivity contribution >= 4 is 0 Å². The lowest BCUT2D eigenvalue weighted by atomic mass is 10.1. The van der Waals surface area contributed by atoms with Gasteiger partial charge in [-0.1, -0.05) is 13.8 Å². The second-order valence-corrected chi connectivity index (χ2v) is 2.39. The second kappa shape index (κ2) is 5.06. The zero-order valence-electron chi connectivity index (χ0n) is 6.58. The Morgan fingerprint density at radius 2 is 1.25 bits per heavy atom. The Labute approximate surface area is 52.4 Å². The molecule has 2 nitrogen and oxygen atoms in total. The Morgan fingerprint density at radius 3 is 1.25 bits per heavy atom. The summed E-state index contributed by atoms with van der Waals surface area (Å²) in [5.41, 5.74) is 2.67. The van der Waals surface area contributed by atoms with Crippen LogP contribution < -0.4 is 11.3 Å². The Morgan fingerprint density at radius 1 is 1.12 bits per heavy atom. The fraction of sp³-hybridized carbons (Fsp3) is 1.00. The van der Waals surface area contributed by atoms with Gasteiger partial charge >= 0.3 is 0 Å². The molecule has 0 aromatic carbocycles. The maximum Gasteiger partial charge on any atom is 0.0236 e. The lowest BCUT2D eigenvalue weighted by molar-refractivity contribution is 0.438. The van der Waals surface area contributed by atoms with Crippen molar-refractivity contribution in [2.75, 3.05) is 0 Å². The second-order valence-electron chi connectivity index (χ2n) is 2.39. The van der Waals surface area contributed by atoms with Crippen LogP contribution in [0.1, 0.15) is 34.6 Å². The van der Waals surface area contributed by atoms with Crippen LogP contribution in [0.25, 0.3) is 0 Å². The summed E-state index contributed by atoms with van der Waals surface area (Å²) in [6, 6.07) is 0. The predicted octanol–water partition coefficient (Wildman–Crippen LogP) is 1.27. The van der Waals surface area contributed by atoms with Crippen LogP contribution in [0.2, 0.25) is 0 Å². The van der Waals surface area contributed by atoms with Gasteiger partial charge in [-0.2, -0.15) is 0 Å². The molecule has 0 aliphatic rings. The monoisotopic (exact) mass is 118 g/mol. The van der Waals surface area contributed by atoms with E-state index in [0.717, 1.165) is 0 Å². The Kier molecular flexibility index (Phi) is 6.85. The highest BCUT2D eigenvalue weighted by atomic mass is 15.2. The Bertz CT molecular complexity index is 36.3. The summed E-state index contributed by atoms with van der Waals surface area (Å²) >= 11 is 0. The third kappa shape index (κ3) is 16.8. The van der Waals surface area contributed by atoms with E-state index in [4.69, 9.17) is 5.84 Å². The van der Waals surface area contributed by atoms with E-state index in [-0.39, 0.29) is 5.54 Å². The molecule has 0 amide bonds. The van der Waals surface area contributed by atoms with Gasteiger partial charge in [0.15, 0.2) is 0 Å². The minimum Gasteiger partial charge on any atom is -0.271 e. The van der Waals surface area contributed by atoms with E-state index < -0.39 is 0 Å². The van der Waals surface area contributed by atoms with Gasteiger partial charge in [-0.25, -0.2) is 0 Å². The van der Waals surface area contributed by atoms with Crippen LogP contribution >= 0.6 is 0 Å². The summed E-state index contributed by atoms with van der Waals surface area (Å²) in [4.78, 5) is 0. The van der Waals surface area contributed by atoms with Crippen LogP contribution in [0, 0.1) is 0 Å². The topological polar surface area (TPSA) is 38.0 Å². The van der Waals surface area contributed by atoms with Crippen molar-refractivity contribution in [1.29, 1.82) is 0 Å². The zero-order chi connectivity index (χ0) is 7.21. The van der Waals surface area contributed by atoms with E-state index in [2.05, 4.69) is 5.43 Å². The summed E-state index contributed by atoms with van der Waals surface area (Å²) in [6.07, 6.45) is 0. The van der Waals surface area contributed by atoms with Crippen molar-refractivity contribution < 1.29 is 0 Å². The van der Waals surface area contributed by atoms with Crippen LogP contribution in [-0.4, -0.2) is 5.54 Å². The highest BCUT2D eigenvalue weighted by Gasteiger charge is 2.02. The minimum atomic E-state index is 0.0694. The molecule has 0 heterocycles. The fourth-order valence-electron chi connectivity index (χ4n) is 0. The summed E-state index contributed by atoms with van der Waals surface area (Å²) in [5.74, 6) is 5.06. The molecule has 8 heavy (non-hydrogen) atoms. The van der Waals surface area contributed by atoms with Crippen molar-refractivity contribution in [2.45, 2.75) is 40.2 Å². The smallest absolute Gasteiger partial charge is 0.0236 e. The number of hydrogen-bond donors (Lipinski definition) is 2. The van der Waals surface area contributed by atoms with Gasteiger partial charge in [-0.15, -0.1) is 0 Å². The van der Waals surface area contributed by atoms with Gasteiger partial charge < -0.3 is 0 Å². The first-order valence-corrected chi connectivity index (χ1v) is 3.04. The molecule has 0 aromatic rings. The molecule has 0 atom stereocenters. The first kappa shape index (κ1) is 10.8. The van der Waals surface area contributed by atoms with Crippen molar-refractivity contribution in [1.82, 2.24) is 5.43 Å². The number of hydrazine groups is 1. The zero-order valence-corrected chi connectivity index (χ0v) is 6.58. The molecular formula is C6H18N2. The van der Waals surface area contributed by atoms with Crippen molar-refractivity contribution in [3.05, 3.63) is 0 Å². The molecule has 3 N–H and O–H groups in total. The Balaban J connectivity index is 0. The van der Waals surface area contributed by atoms with E-state index in [1.54, 1.807) is 0 Å². The molecule has 0 fully saturated rings. The molecule has 0 bridgehead atoms. The van der Waals surface area contributed by atoms with Gasteiger partial charge in [-0.3, -0.25) is 11.3 Å². The van der Waals surface area contributed by atoms with E-state index in [0.29, 0.717) is 0 Å². The third-order valence-electron chi connectivity index (χ3n) is 0.433. The minimum absolute atomic E-state index is 0.0694. The summed E-state index contributed by atoms with van der Waals surface area (Å²) in [7, 11) is 0. The summed E-state index contributed by atoms with van der Waals surface area (Å²) in [5, 5.41) is 0. The fourth-order valence-corrected chi connectivity index (χ4v) is 0. The lowest BCUT2D eigenvalue weighted by Gasteiger charge is -2.14. The molecule has 0 unspecified atom stereocenters. The standard InChI is InChI=1S/C4H12N2.C2H6/c1-4(2,3)6-5;1-2/h6H,5H2,1-3H3;1-2H3. The number of rotatable bonds is 0. The molecule has 0 aliphatic heterocycles. The molecule has 0 aliphatic carbocycles. The van der Waals surface area contributed by atoms with Crippen molar-refractivity contribution in [3.8, 4) is 0 Å². The van der Waals surface area contributed by atoms with Crippen LogP contribution in [-0.2, 0) is 0 Å². The van der Waals surface area contributed by atoms with Crippen LogP contribution in [0.3, 0.4) is 0 Å². The maximum absolute atomic E-state index is 5.06. The van der Waals surface area contributed by atoms with E-state index in [9.17, 15) is 0 Å². The molecule has 2 heteroatoms. The highest BCUT2D eigenvalue weighted by molar-refractivity contribution is 4.63. The molecule has 0 saturated carbocycles. The average Bonchev–Trinajstić information content (AvgIpc) is 1.71. The van der Waals surface area contributed by atoms with Crippen molar-refractivity contribution in [3.63, 3.8) is 0 Å². The normalized spacial score (nSPS) is 9.75. The first-order chi connectivity index (χ1) is 3.56. The van der Waals surface area contributed by atoms with Crippen LogP contribution in [0.15, 0.2) is 0 Å². The Hall–Kier alpha value is -0.0800. The van der Waals surface area contributed by atoms with Gasteiger partial charge in [-0.05, 0) is 20.8 Å². The highest BCUT2D eigenvalue weighted by Crippen LogP contribution is 1.92. The molecule has 52 valence electrons. The maximum atomic E-state index is 5.06. The SMILES string of the molecule is CC.CC(C)(C)NN. The molecule has 0 saturated heterocycles. The van der Waals surface area contributed by atoms with E-state index in [1.807, 2.05) is 34.6 Å². The molecule has 0 spiro atoms. The largest absolute Gasteiger partial charge is 0.271 e. The van der Waals surface area contributed by atoms with Crippen molar-refractivity contribution in [2.24, 2.45) is 5.84 Å². The average molecular weight is 118 g/mol. The van der Waals surface area contributed by atoms with Gasteiger partial charge in [0.25, 0.3) is 0 Å². The van der Waals surface area contributed by atoms with E-state index >= 15 is 0 Å². The third-order valence-corrected chi connectivity index (χ3v) is 0.433. The van der Waals surface area contributed by atoms with Gasteiger partial charge in [0.2, 0.25) is 0 Å². The lowest BCUT2D eigenvalue weighted by Crippen LogP contribution is -2.41. The molecule has 0 aromatic heterocycles. The molecule has 0 rings (SSSR count). The number of nitrogens with two attached hydrogens (primary N) is 1. The van der Waals surface area contributed by atoms with Crippen LogP contribution in [0.5, 0.6) is 0 Å². The first-order valence-electron chi connectivity index (χ1n) is 3.04. The number of nitrogens with one attached hydrogen (secondary N) is 1. The quantitative estimate of drug-likeness (QED) is 0.371. The van der Waals surface area contributed by atoms with E-state index in [1.165, 1.54) is 0 Å². The van der Waals surface area contributed by atoms with Gasteiger partial charge in [0.05, 0.1) is 0 Å².